The number of nitrogens with zero attached hydrogens (tertiary/aromatic N) is 1. The van der Waals surface area contributed by atoms with Crippen molar-refractivity contribution in [3.8, 4) is 0 Å². The Bertz CT molecular complexity index is 581. The van der Waals surface area contributed by atoms with Gasteiger partial charge in [-0.15, -0.1) is 0 Å². The molecule has 1 fully saturated rings. The molecule has 1 heterocycles. The van der Waals surface area contributed by atoms with Gasteiger partial charge in [0.15, 0.2) is 0 Å². The molecule has 0 spiro atoms. The Morgan fingerprint density at radius 3 is 2.28 bits per heavy atom. The molecule has 168 valence electrons. The van der Waals surface area contributed by atoms with Crippen LogP contribution in [-0.2, 0) is 19.1 Å². The van der Waals surface area contributed by atoms with E-state index in [0.717, 1.165) is 6.42 Å². The SMILES string of the molecule is CC(C)C1CC(=O)N(CCC(=O)NCCC(C)(C)OCCC(C)(C)C(C)C)C1=O. The number of carbonyl (C=O) groups excluding carboxylic acids is 3. The van der Waals surface area contributed by atoms with Gasteiger partial charge in [-0.3, -0.25) is 19.3 Å². The van der Waals surface area contributed by atoms with Crippen LogP contribution in [0.25, 0.3) is 0 Å². The summed E-state index contributed by atoms with van der Waals surface area (Å²) in [4.78, 5) is 37.7. The van der Waals surface area contributed by atoms with E-state index in [2.05, 4.69) is 33.0 Å². The fourth-order valence-corrected chi connectivity index (χ4v) is 3.22. The third-order valence-electron chi connectivity index (χ3n) is 6.50. The second-order valence-corrected chi connectivity index (χ2v) is 10.3. The van der Waals surface area contributed by atoms with Gasteiger partial charge in [-0.25, -0.2) is 0 Å². The third-order valence-corrected chi connectivity index (χ3v) is 6.50. The van der Waals surface area contributed by atoms with E-state index in [1.807, 2.05) is 27.7 Å². The van der Waals surface area contributed by atoms with Gasteiger partial charge in [0.25, 0.3) is 0 Å². The second kappa shape index (κ2) is 10.6. The van der Waals surface area contributed by atoms with Crippen LogP contribution in [0.15, 0.2) is 0 Å². The number of amides is 3. The molecule has 0 aromatic heterocycles. The van der Waals surface area contributed by atoms with Gasteiger partial charge in [-0.1, -0.05) is 41.5 Å². The van der Waals surface area contributed by atoms with Crippen molar-refractivity contribution in [2.75, 3.05) is 19.7 Å². The highest BCUT2D eigenvalue weighted by molar-refractivity contribution is 6.03. The summed E-state index contributed by atoms with van der Waals surface area (Å²) in [6, 6.07) is 0. The number of carbonyl (C=O) groups is 3. The summed E-state index contributed by atoms with van der Waals surface area (Å²) in [7, 11) is 0. The van der Waals surface area contributed by atoms with Crippen LogP contribution < -0.4 is 5.32 Å². The highest BCUT2D eigenvalue weighted by atomic mass is 16.5. The van der Waals surface area contributed by atoms with Crippen molar-refractivity contribution in [2.45, 2.75) is 86.7 Å². The van der Waals surface area contributed by atoms with Gasteiger partial charge in [0, 0.05) is 38.5 Å². The first-order chi connectivity index (χ1) is 13.3. The molecular weight excluding hydrogens is 368 g/mol. The molecule has 1 saturated heterocycles. The van der Waals surface area contributed by atoms with Crippen LogP contribution in [0.5, 0.6) is 0 Å². The maximum Gasteiger partial charge on any atom is 0.233 e. The average Bonchev–Trinajstić information content (AvgIpc) is 2.86. The van der Waals surface area contributed by atoms with Gasteiger partial charge in [0.2, 0.25) is 17.7 Å². The first kappa shape index (κ1) is 25.6. The molecule has 6 heteroatoms. The van der Waals surface area contributed by atoms with E-state index in [9.17, 15) is 14.4 Å². The van der Waals surface area contributed by atoms with Crippen LogP contribution in [0.2, 0.25) is 0 Å². The molecule has 0 aromatic rings. The molecule has 3 amide bonds. The van der Waals surface area contributed by atoms with Crippen LogP contribution in [-0.4, -0.2) is 47.9 Å². The molecule has 1 N–H and O–H groups in total. The van der Waals surface area contributed by atoms with Crippen LogP contribution in [0.4, 0.5) is 0 Å². The largest absolute Gasteiger partial charge is 0.375 e. The van der Waals surface area contributed by atoms with E-state index in [1.54, 1.807) is 0 Å². The number of rotatable bonds is 12. The summed E-state index contributed by atoms with van der Waals surface area (Å²) in [5.74, 6) is 0.0360. The fraction of sp³-hybridized carbons (Fsp3) is 0.870. The van der Waals surface area contributed by atoms with Crippen molar-refractivity contribution in [1.82, 2.24) is 10.2 Å². The van der Waals surface area contributed by atoms with Crippen molar-refractivity contribution in [2.24, 2.45) is 23.2 Å². The average molecular weight is 411 g/mol. The quantitative estimate of drug-likeness (QED) is 0.497. The summed E-state index contributed by atoms with van der Waals surface area (Å²) in [6.07, 6.45) is 2.11. The smallest absolute Gasteiger partial charge is 0.233 e. The van der Waals surface area contributed by atoms with Crippen molar-refractivity contribution in [1.29, 1.82) is 0 Å². The maximum absolute atomic E-state index is 12.3. The maximum atomic E-state index is 12.3. The standard InChI is InChI=1S/C23H42N2O4/c1-16(2)18-15-20(27)25(21(18)28)13-9-19(26)24-12-10-23(7,8)29-14-11-22(5,6)17(3)4/h16-18H,9-15H2,1-8H3,(H,24,26). The molecule has 1 rings (SSSR count). The molecule has 0 aromatic carbocycles. The number of imide groups is 1. The molecule has 0 aliphatic carbocycles. The Labute approximate surface area is 177 Å². The minimum absolute atomic E-state index is 0.138. The molecule has 1 aliphatic rings. The molecule has 0 bridgehead atoms. The zero-order valence-electron chi connectivity index (χ0n) is 19.8. The second-order valence-electron chi connectivity index (χ2n) is 10.3. The zero-order valence-corrected chi connectivity index (χ0v) is 19.8. The number of ether oxygens (including phenoxy) is 1. The summed E-state index contributed by atoms with van der Waals surface area (Å²) in [5, 5.41) is 2.88. The van der Waals surface area contributed by atoms with Gasteiger partial charge in [0.1, 0.15) is 0 Å². The third kappa shape index (κ3) is 8.07. The highest BCUT2D eigenvalue weighted by Crippen LogP contribution is 2.30. The summed E-state index contributed by atoms with van der Waals surface area (Å²) in [6.45, 7) is 18.3. The minimum atomic E-state index is -0.314. The lowest BCUT2D eigenvalue weighted by Crippen LogP contribution is -2.37. The van der Waals surface area contributed by atoms with Gasteiger partial charge < -0.3 is 10.1 Å². The normalized spacial score (nSPS) is 18.3. The van der Waals surface area contributed by atoms with E-state index in [1.165, 1.54) is 4.90 Å². The zero-order chi connectivity index (χ0) is 22.4. The lowest BCUT2D eigenvalue weighted by atomic mass is 9.78. The monoisotopic (exact) mass is 410 g/mol. The van der Waals surface area contributed by atoms with Crippen LogP contribution in [0.3, 0.4) is 0 Å². The van der Waals surface area contributed by atoms with Crippen LogP contribution in [0.1, 0.15) is 81.1 Å². The topological polar surface area (TPSA) is 75.7 Å². The van der Waals surface area contributed by atoms with Crippen molar-refractivity contribution < 1.29 is 19.1 Å². The predicted octanol–water partition coefficient (Wildman–Crippen LogP) is 3.78. The lowest BCUT2D eigenvalue weighted by Gasteiger charge is -2.32. The molecule has 1 atom stereocenters. The summed E-state index contributed by atoms with van der Waals surface area (Å²) in [5.41, 5.74) is -0.0744. The van der Waals surface area contributed by atoms with Crippen LogP contribution in [0, 0.1) is 23.2 Å². The number of nitrogens with one attached hydrogen (secondary N) is 1. The van der Waals surface area contributed by atoms with Gasteiger partial charge in [-0.05, 0) is 43.9 Å². The number of likely N-dealkylation sites (tertiary alicyclic amines) is 1. The Kier molecular flexibility index (Phi) is 9.32. The Hall–Kier alpha value is -1.43. The van der Waals surface area contributed by atoms with Crippen molar-refractivity contribution in [3.63, 3.8) is 0 Å². The first-order valence-corrected chi connectivity index (χ1v) is 11.0. The highest BCUT2D eigenvalue weighted by Gasteiger charge is 2.39. The van der Waals surface area contributed by atoms with E-state index < -0.39 is 0 Å². The van der Waals surface area contributed by atoms with Crippen molar-refractivity contribution in [3.05, 3.63) is 0 Å². The molecular formula is C23H42N2O4. The first-order valence-electron chi connectivity index (χ1n) is 11.0. The Morgan fingerprint density at radius 1 is 1.14 bits per heavy atom. The molecule has 0 saturated carbocycles. The van der Waals surface area contributed by atoms with E-state index in [0.29, 0.717) is 25.5 Å². The van der Waals surface area contributed by atoms with Crippen molar-refractivity contribution >= 4 is 17.7 Å². The lowest BCUT2D eigenvalue weighted by molar-refractivity contribution is -0.140. The van der Waals surface area contributed by atoms with Crippen LogP contribution >= 0.6 is 0 Å². The number of hydrogen-bond acceptors (Lipinski definition) is 4. The molecule has 6 nitrogen and oxygen atoms in total. The minimum Gasteiger partial charge on any atom is -0.375 e. The molecule has 1 unspecified atom stereocenters. The number of hydrogen-bond donors (Lipinski definition) is 1. The summed E-state index contributed by atoms with van der Waals surface area (Å²) >= 11 is 0. The van der Waals surface area contributed by atoms with Gasteiger partial charge >= 0.3 is 0 Å². The molecule has 0 radical (unpaired) electrons. The van der Waals surface area contributed by atoms with Gasteiger partial charge in [0.05, 0.1) is 5.60 Å². The Morgan fingerprint density at radius 2 is 1.76 bits per heavy atom. The summed E-state index contributed by atoms with van der Waals surface area (Å²) < 4.78 is 6.05. The fourth-order valence-electron chi connectivity index (χ4n) is 3.22. The van der Waals surface area contributed by atoms with Gasteiger partial charge in [-0.2, -0.15) is 0 Å². The predicted molar refractivity (Wildman–Crippen MR) is 115 cm³/mol. The molecule has 1 aliphatic heterocycles. The van der Waals surface area contributed by atoms with E-state index in [4.69, 9.17) is 4.74 Å². The molecule has 29 heavy (non-hydrogen) atoms. The van der Waals surface area contributed by atoms with E-state index in [-0.39, 0.29) is 60.0 Å². The Balaban J connectivity index is 2.31. The van der Waals surface area contributed by atoms with E-state index >= 15 is 0 Å².